The molecule has 1 aromatic rings. The molecule has 0 radical (unpaired) electrons. The van der Waals surface area contributed by atoms with Gasteiger partial charge >= 0.3 is 0 Å². The minimum Gasteiger partial charge on any atom is -0.378 e. The average Bonchev–Trinajstić information content (AvgIpc) is 2.76. The molecule has 1 aliphatic rings. The van der Waals surface area contributed by atoms with Crippen LogP contribution in [0.2, 0.25) is 0 Å². The van der Waals surface area contributed by atoms with Crippen LogP contribution in [0.5, 0.6) is 0 Å². The van der Waals surface area contributed by atoms with Crippen molar-refractivity contribution in [2.45, 2.75) is 39.3 Å². The number of thiocarbonyl (C=S) groups is 2. The van der Waals surface area contributed by atoms with Crippen molar-refractivity contribution >= 4 is 40.5 Å². The first-order chi connectivity index (χ1) is 14.5. The van der Waals surface area contributed by atoms with Crippen molar-refractivity contribution in [2.75, 3.05) is 44.3 Å². The summed E-state index contributed by atoms with van der Waals surface area (Å²) in [5.74, 6) is 0.988. The number of pyridine rings is 1. The fraction of sp³-hybridized carbons (Fsp3) is 0.632. The summed E-state index contributed by atoms with van der Waals surface area (Å²) in [4.78, 5) is 6.90. The highest BCUT2D eigenvalue weighted by Gasteiger charge is 2.19. The van der Waals surface area contributed by atoms with Gasteiger partial charge in [-0.1, -0.05) is 6.07 Å². The Hall–Kier alpha value is -1.79. The first kappa shape index (κ1) is 24.5. The van der Waals surface area contributed by atoms with Crippen LogP contribution in [-0.4, -0.2) is 66.7 Å². The molecule has 168 valence electrons. The van der Waals surface area contributed by atoms with E-state index in [1.165, 1.54) is 0 Å². The lowest BCUT2D eigenvalue weighted by molar-refractivity contribution is 0.122. The first-order valence-corrected chi connectivity index (χ1v) is 11.2. The van der Waals surface area contributed by atoms with Crippen LogP contribution in [0.4, 0.5) is 5.82 Å². The standard InChI is InChI=1S/C19H34N8OS2/c1-4-20-18(29)25-23-14(3)16(24-26-19(30)21-5-2)12-15-6-7-17(22-13-15)27-8-10-28-11-9-27/h6-7,13-14,16,23-24H,4-5,8-12H2,1-3H3,(H2,20,25,29)(H2,21,26,30). The summed E-state index contributed by atoms with van der Waals surface area (Å²) in [6.45, 7) is 10.9. The molecule has 1 aliphatic heterocycles. The summed E-state index contributed by atoms with van der Waals surface area (Å²) < 4.78 is 5.42. The van der Waals surface area contributed by atoms with Crippen LogP contribution in [0.15, 0.2) is 18.3 Å². The molecule has 2 rings (SSSR count). The summed E-state index contributed by atoms with van der Waals surface area (Å²) in [7, 11) is 0. The highest BCUT2D eigenvalue weighted by atomic mass is 32.1. The minimum absolute atomic E-state index is 0.0227. The van der Waals surface area contributed by atoms with Crippen molar-refractivity contribution in [1.82, 2.24) is 37.3 Å². The Labute approximate surface area is 190 Å². The summed E-state index contributed by atoms with van der Waals surface area (Å²) in [5.41, 5.74) is 13.8. The van der Waals surface area contributed by atoms with E-state index in [4.69, 9.17) is 29.2 Å². The van der Waals surface area contributed by atoms with Crippen LogP contribution in [0.25, 0.3) is 0 Å². The van der Waals surface area contributed by atoms with Crippen molar-refractivity contribution in [3.8, 4) is 0 Å². The molecular weight excluding hydrogens is 420 g/mol. The molecule has 0 bridgehead atoms. The number of rotatable bonds is 10. The van der Waals surface area contributed by atoms with Gasteiger partial charge in [0.05, 0.1) is 13.2 Å². The van der Waals surface area contributed by atoms with Gasteiger partial charge in [0.15, 0.2) is 10.2 Å². The topological polar surface area (TPSA) is 97.5 Å². The summed E-state index contributed by atoms with van der Waals surface area (Å²) in [6, 6.07) is 4.26. The van der Waals surface area contributed by atoms with Crippen LogP contribution in [0.1, 0.15) is 26.3 Å². The molecule has 2 unspecified atom stereocenters. The van der Waals surface area contributed by atoms with Crippen LogP contribution >= 0.6 is 24.4 Å². The summed E-state index contributed by atoms with van der Waals surface area (Å²) >= 11 is 10.5. The van der Waals surface area contributed by atoms with E-state index < -0.39 is 0 Å². The fourth-order valence-electron chi connectivity index (χ4n) is 2.97. The number of anilines is 1. The van der Waals surface area contributed by atoms with Gasteiger partial charge in [0.2, 0.25) is 0 Å². The third-order valence-corrected chi connectivity index (χ3v) is 5.16. The molecule has 0 aromatic carbocycles. The number of hydrogen-bond acceptors (Lipinski definition) is 7. The number of nitrogens with one attached hydrogen (secondary N) is 6. The number of nitrogens with zero attached hydrogens (tertiary/aromatic N) is 2. The quantitative estimate of drug-likeness (QED) is 0.216. The number of morpholine rings is 1. The highest BCUT2D eigenvalue weighted by molar-refractivity contribution is 7.80. The number of ether oxygens (including phenoxy) is 1. The highest BCUT2D eigenvalue weighted by Crippen LogP contribution is 2.14. The Kier molecular flexibility index (Phi) is 11.0. The Bertz CT molecular complexity index is 654. The number of hydrogen-bond donors (Lipinski definition) is 6. The summed E-state index contributed by atoms with van der Waals surface area (Å²) in [5, 5.41) is 7.27. The Balaban J connectivity index is 1.97. The maximum absolute atomic E-state index is 5.42. The van der Waals surface area contributed by atoms with E-state index in [9.17, 15) is 0 Å². The van der Waals surface area contributed by atoms with Crippen LogP contribution in [0.3, 0.4) is 0 Å². The van der Waals surface area contributed by atoms with Gasteiger partial charge in [-0.15, -0.1) is 0 Å². The van der Waals surface area contributed by atoms with Gasteiger partial charge in [0.25, 0.3) is 0 Å². The maximum Gasteiger partial charge on any atom is 0.180 e. The van der Waals surface area contributed by atoms with E-state index in [1.54, 1.807) is 0 Å². The van der Waals surface area contributed by atoms with Crippen LogP contribution in [0, 0.1) is 0 Å². The fourth-order valence-corrected chi connectivity index (χ4v) is 3.38. The molecule has 11 heteroatoms. The third kappa shape index (κ3) is 8.52. The number of aromatic nitrogens is 1. The molecule has 0 saturated carbocycles. The average molecular weight is 455 g/mol. The van der Waals surface area contributed by atoms with E-state index in [0.29, 0.717) is 10.2 Å². The van der Waals surface area contributed by atoms with Gasteiger partial charge in [-0.3, -0.25) is 10.9 Å². The van der Waals surface area contributed by atoms with Gasteiger partial charge in [-0.05, 0) is 63.3 Å². The Morgan fingerprint density at radius 1 is 1.07 bits per heavy atom. The predicted octanol–water partition coefficient (Wildman–Crippen LogP) is 0.195. The lowest BCUT2D eigenvalue weighted by Gasteiger charge is -2.29. The van der Waals surface area contributed by atoms with Gasteiger partial charge in [0.1, 0.15) is 5.82 Å². The molecule has 30 heavy (non-hydrogen) atoms. The van der Waals surface area contributed by atoms with E-state index in [1.807, 2.05) is 20.0 Å². The Morgan fingerprint density at radius 3 is 2.27 bits per heavy atom. The second kappa shape index (κ2) is 13.5. The zero-order chi connectivity index (χ0) is 21.8. The molecule has 0 aliphatic carbocycles. The molecule has 1 fully saturated rings. The Morgan fingerprint density at radius 2 is 1.70 bits per heavy atom. The lowest BCUT2D eigenvalue weighted by Crippen LogP contribution is -2.59. The van der Waals surface area contributed by atoms with E-state index in [-0.39, 0.29) is 12.1 Å². The van der Waals surface area contributed by atoms with Crippen LogP contribution < -0.4 is 37.2 Å². The normalized spacial score (nSPS) is 15.8. The van der Waals surface area contributed by atoms with Gasteiger partial charge in [-0.2, -0.15) is 0 Å². The van der Waals surface area contributed by atoms with E-state index in [0.717, 1.165) is 57.2 Å². The molecule has 9 nitrogen and oxygen atoms in total. The van der Waals surface area contributed by atoms with E-state index in [2.05, 4.69) is 61.3 Å². The van der Waals surface area contributed by atoms with Gasteiger partial charge < -0.3 is 20.3 Å². The smallest absolute Gasteiger partial charge is 0.180 e. The third-order valence-electron chi connectivity index (χ3n) is 4.66. The lowest BCUT2D eigenvalue weighted by atomic mass is 10.0. The SMILES string of the molecule is CCNC(=S)NNC(C)C(Cc1ccc(N2CCOCC2)nc1)NNC(=S)NCC. The molecule has 0 spiro atoms. The largest absolute Gasteiger partial charge is 0.378 e. The van der Waals surface area contributed by atoms with Gasteiger partial charge in [0, 0.05) is 44.5 Å². The molecular formula is C19H34N8OS2. The van der Waals surface area contributed by atoms with Crippen molar-refractivity contribution in [2.24, 2.45) is 0 Å². The number of hydrazine groups is 2. The molecule has 0 amide bonds. The van der Waals surface area contributed by atoms with Crippen molar-refractivity contribution in [3.63, 3.8) is 0 Å². The molecule has 2 atom stereocenters. The van der Waals surface area contributed by atoms with Crippen molar-refractivity contribution in [1.29, 1.82) is 0 Å². The molecule has 6 N–H and O–H groups in total. The monoisotopic (exact) mass is 454 g/mol. The second-order valence-corrected chi connectivity index (χ2v) is 7.80. The summed E-state index contributed by atoms with van der Waals surface area (Å²) in [6.07, 6.45) is 2.69. The van der Waals surface area contributed by atoms with Crippen molar-refractivity contribution in [3.05, 3.63) is 23.9 Å². The van der Waals surface area contributed by atoms with Crippen molar-refractivity contribution < 1.29 is 4.74 Å². The first-order valence-electron chi connectivity index (χ1n) is 10.4. The van der Waals surface area contributed by atoms with Gasteiger partial charge in [-0.25, -0.2) is 15.8 Å². The molecule has 1 aromatic heterocycles. The second-order valence-electron chi connectivity index (χ2n) is 6.98. The zero-order valence-corrected chi connectivity index (χ0v) is 19.6. The zero-order valence-electron chi connectivity index (χ0n) is 18.0. The molecule has 1 saturated heterocycles. The maximum atomic E-state index is 5.42. The predicted molar refractivity (Wildman–Crippen MR) is 129 cm³/mol. The molecule has 2 heterocycles. The minimum atomic E-state index is 0.0227. The van der Waals surface area contributed by atoms with E-state index >= 15 is 0 Å². The van der Waals surface area contributed by atoms with Crippen LogP contribution in [-0.2, 0) is 11.2 Å².